The monoisotopic (exact) mass is 397 g/mol. The van der Waals surface area contributed by atoms with Gasteiger partial charge in [-0.1, -0.05) is 15.9 Å². The molecule has 22 heavy (non-hydrogen) atoms. The van der Waals surface area contributed by atoms with Crippen LogP contribution in [0.3, 0.4) is 0 Å². The van der Waals surface area contributed by atoms with E-state index in [1.807, 2.05) is 6.92 Å². The molecule has 0 aromatic carbocycles. The molecule has 5 nitrogen and oxygen atoms in total. The Labute approximate surface area is 145 Å². The zero-order chi connectivity index (χ0) is 16.3. The quantitative estimate of drug-likeness (QED) is 0.674. The number of halogens is 2. The van der Waals surface area contributed by atoms with Crippen molar-refractivity contribution >= 4 is 33.4 Å². The van der Waals surface area contributed by atoms with E-state index < -0.39 is 15.7 Å². The number of ether oxygens (including phenoxy) is 2. The molecule has 2 aliphatic rings. The van der Waals surface area contributed by atoms with E-state index in [1.165, 1.54) is 0 Å². The van der Waals surface area contributed by atoms with Crippen molar-refractivity contribution in [3.8, 4) is 0 Å². The summed E-state index contributed by atoms with van der Waals surface area (Å²) < 4.78 is 10.6. The normalized spacial score (nSPS) is 25.8. The molecule has 1 aliphatic carbocycles. The predicted octanol–water partition coefficient (Wildman–Crippen LogP) is 2.32. The lowest BCUT2D eigenvalue weighted by molar-refractivity contribution is -0.204. The van der Waals surface area contributed by atoms with Crippen molar-refractivity contribution in [1.29, 1.82) is 0 Å². The second-order valence-electron chi connectivity index (χ2n) is 6.27. The number of rotatable bonds is 6. The lowest BCUT2D eigenvalue weighted by atomic mass is 9.75. The van der Waals surface area contributed by atoms with Crippen molar-refractivity contribution in [3.63, 3.8) is 0 Å². The van der Waals surface area contributed by atoms with Crippen molar-refractivity contribution in [3.05, 3.63) is 0 Å². The summed E-state index contributed by atoms with van der Waals surface area (Å²) >= 11 is 9.40. The molecule has 2 rings (SSSR count). The summed E-state index contributed by atoms with van der Waals surface area (Å²) in [6, 6.07) is 0. The molecule has 0 bridgehead atoms. The number of hydrogen-bond donors (Lipinski definition) is 2. The molecule has 2 fully saturated rings. The maximum absolute atomic E-state index is 12.3. The van der Waals surface area contributed by atoms with Gasteiger partial charge in [0.1, 0.15) is 4.32 Å². The summed E-state index contributed by atoms with van der Waals surface area (Å²) in [5.74, 6) is -0.272. The van der Waals surface area contributed by atoms with E-state index in [2.05, 4.69) is 21.2 Å². The molecule has 128 valence electrons. The van der Waals surface area contributed by atoms with Crippen molar-refractivity contribution < 1.29 is 19.4 Å². The summed E-state index contributed by atoms with van der Waals surface area (Å²) in [6.45, 7) is 3.66. The highest BCUT2D eigenvalue weighted by Gasteiger charge is 2.49. The number of carbonyl (C=O) groups is 1. The number of aliphatic hydroxyl groups is 1. The van der Waals surface area contributed by atoms with Gasteiger partial charge in [0.15, 0.2) is 5.79 Å². The van der Waals surface area contributed by atoms with Gasteiger partial charge in [-0.05, 0) is 26.2 Å². The van der Waals surface area contributed by atoms with Crippen LogP contribution in [0.1, 0.15) is 45.4 Å². The first-order chi connectivity index (χ1) is 10.4. The minimum absolute atomic E-state index is 0.113. The SMILES string of the molecule is CCNC(=O)C(Br)(CCCl)CC1(O)CCC2(CC1)OCCO2. The molecular weight excluding hydrogens is 374 g/mol. The molecule has 1 amide bonds. The fraction of sp³-hybridized carbons (Fsp3) is 0.933. The van der Waals surface area contributed by atoms with Crippen LogP contribution in [0.25, 0.3) is 0 Å². The van der Waals surface area contributed by atoms with E-state index in [9.17, 15) is 9.90 Å². The number of nitrogens with one attached hydrogen (secondary N) is 1. The van der Waals surface area contributed by atoms with Crippen LogP contribution < -0.4 is 5.32 Å². The first-order valence-electron chi connectivity index (χ1n) is 7.91. The van der Waals surface area contributed by atoms with Gasteiger partial charge in [0, 0.05) is 31.7 Å². The summed E-state index contributed by atoms with van der Waals surface area (Å²) in [6.07, 6.45) is 3.24. The molecule has 7 heteroatoms. The Bertz CT molecular complexity index is 393. The largest absolute Gasteiger partial charge is 0.390 e. The van der Waals surface area contributed by atoms with Gasteiger partial charge in [0.05, 0.1) is 18.8 Å². The molecule has 1 heterocycles. The van der Waals surface area contributed by atoms with Gasteiger partial charge in [0.25, 0.3) is 0 Å². The van der Waals surface area contributed by atoms with Gasteiger partial charge >= 0.3 is 0 Å². The van der Waals surface area contributed by atoms with E-state index in [4.69, 9.17) is 21.1 Å². The lowest BCUT2D eigenvalue weighted by Crippen LogP contribution is -2.51. The molecule has 1 saturated carbocycles. The molecule has 0 aromatic heterocycles. The minimum atomic E-state index is -0.902. The Kier molecular flexibility index (Phi) is 6.16. The second kappa shape index (κ2) is 7.34. The molecular formula is C15H25BrClNO4. The maximum Gasteiger partial charge on any atom is 0.237 e. The first kappa shape index (κ1) is 18.5. The molecule has 0 aromatic rings. The summed E-state index contributed by atoms with van der Waals surface area (Å²) in [5.41, 5.74) is -0.902. The smallest absolute Gasteiger partial charge is 0.237 e. The predicted molar refractivity (Wildman–Crippen MR) is 88.3 cm³/mol. The highest BCUT2D eigenvalue weighted by molar-refractivity contribution is 9.10. The molecule has 1 atom stereocenters. The fourth-order valence-corrected chi connectivity index (χ4v) is 4.74. The summed E-state index contributed by atoms with van der Waals surface area (Å²) in [4.78, 5) is 12.3. The van der Waals surface area contributed by atoms with Crippen LogP contribution in [0.4, 0.5) is 0 Å². The van der Waals surface area contributed by atoms with Crippen LogP contribution in [-0.4, -0.2) is 52.4 Å². The van der Waals surface area contributed by atoms with E-state index in [-0.39, 0.29) is 5.91 Å². The maximum atomic E-state index is 12.3. The van der Waals surface area contributed by atoms with Crippen molar-refractivity contribution in [2.45, 2.75) is 61.2 Å². The van der Waals surface area contributed by atoms with E-state index in [0.717, 1.165) is 0 Å². The number of carbonyl (C=O) groups excluding carboxylic acids is 1. The summed E-state index contributed by atoms with van der Waals surface area (Å²) in [7, 11) is 0. The van der Waals surface area contributed by atoms with Crippen LogP contribution in [0, 0.1) is 0 Å². The summed E-state index contributed by atoms with van der Waals surface area (Å²) in [5, 5.41) is 13.8. The Morgan fingerprint density at radius 1 is 1.32 bits per heavy atom. The first-order valence-corrected chi connectivity index (χ1v) is 9.23. The van der Waals surface area contributed by atoms with E-state index >= 15 is 0 Å². The average molecular weight is 399 g/mol. The number of alkyl halides is 2. The third-order valence-electron chi connectivity index (χ3n) is 4.60. The second-order valence-corrected chi connectivity index (χ2v) is 8.17. The van der Waals surface area contributed by atoms with Gasteiger partial charge in [-0.3, -0.25) is 4.79 Å². The zero-order valence-corrected chi connectivity index (χ0v) is 15.3. The Morgan fingerprint density at radius 2 is 1.91 bits per heavy atom. The molecule has 0 radical (unpaired) electrons. The van der Waals surface area contributed by atoms with Gasteiger partial charge in [-0.15, -0.1) is 11.6 Å². The van der Waals surface area contributed by atoms with Crippen LogP contribution in [0.15, 0.2) is 0 Å². The van der Waals surface area contributed by atoms with Crippen molar-refractivity contribution in [2.75, 3.05) is 25.6 Å². The molecule has 1 spiro atoms. The number of hydrogen-bond acceptors (Lipinski definition) is 4. The van der Waals surface area contributed by atoms with Gasteiger partial charge in [0.2, 0.25) is 5.91 Å². The minimum Gasteiger partial charge on any atom is -0.390 e. The molecule has 2 N–H and O–H groups in total. The standard InChI is InChI=1S/C15H25BrClNO4/c1-2-18-12(19)14(16,7-8-17)11-13(20)3-5-15(6-4-13)21-9-10-22-15/h20H,2-11H2,1H3,(H,18,19). The Hall–Kier alpha value is 0.120. The zero-order valence-electron chi connectivity index (χ0n) is 13.0. The molecule has 1 unspecified atom stereocenters. The Balaban J connectivity index is 2.01. The van der Waals surface area contributed by atoms with Crippen LogP contribution in [0.2, 0.25) is 0 Å². The van der Waals surface area contributed by atoms with E-state index in [1.54, 1.807) is 0 Å². The third-order valence-corrected chi connectivity index (χ3v) is 5.83. The van der Waals surface area contributed by atoms with Crippen LogP contribution in [0.5, 0.6) is 0 Å². The molecule has 1 saturated heterocycles. The fourth-order valence-electron chi connectivity index (χ4n) is 3.33. The third kappa shape index (κ3) is 4.15. The number of amides is 1. The van der Waals surface area contributed by atoms with Crippen LogP contribution >= 0.6 is 27.5 Å². The van der Waals surface area contributed by atoms with Gasteiger partial charge in [-0.25, -0.2) is 0 Å². The van der Waals surface area contributed by atoms with Crippen LogP contribution in [-0.2, 0) is 14.3 Å². The average Bonchev–Trinajstić information content (AvgIpc) is 2.92. The highest BCUT2D eigenvalue weighted by atomic mass is 79.9. The van der Waals surface area contributed by atoms with Crippen molar-refractivity contribution in [1.82, 2.24) is 5.32 Å². The van der Waals surface area contributed by atoms with Gasteiger partial charge < -0.3 is 19.9 Å². The topological polar surface area (TPSA) is 67.8 Å². The Morgan fingerprint density at radius 3 is 2.41 bits per heavy atom. The lowest BCUT2D eigenvalue weighted by Gasteiger charge is -2.43. The van der Waals surface area contributed by atoms with Crippen molar-refractivity contribution in [2.24, 2.45) is 0 Å². The molecule has 1 aliphatic heterocycles. The van der Waals surface area contributed by atoms with Gasteiger partial charge in [-0.2, -0.15) is 0 Å². The highest BCUT2D eigenvalue weighted by Crippen LogP contribution is 2.45. The van der Waals surface area contributed by atoms with E-state index in [0.29, 0.717) is 64.2 Å².